The van der Waals surface area contributed by atoms with Gasteiger partial charge in [0.2, 0.25) is 5.78 Å². The van der Waals surface area contributed by atoms with Gasteiger partial charge in [0, 0.05) is 68.3 Å². The Morgan fingerprint density at radius 1 is 1.16 bits per heavy atom. The van der Waals surface area contributed by atoms with Gasteiger partial charge in [0.1, 0.15) is 9.91 Å². The van der Waals surface area contributed by atoms with Crippen LogP contribution in [0.3, 0.4) is 0 Å². The number of hydrogen-bond acceptors (Lipinski definition) is 8. The minimum Gasteiger partial charge on any atom is -0.389 e. The SMILES string of the molecule is O=C(NCc1ccc(Cl)cc1)C(=CNCCN1CCOCC1)C(=O)c1cc(CC2CNCCO2)sc1Cl. The summed E-state index contributed by atoms with van der Waals surface area (Å²) < 4.78 is 11.5. The maximum Gasteiger partial charge on any atom is 0.257 e. The van der Waals surface area contributed by atoms with Crippen LogP contribution in [0.15, 0.2) is 42.1 Å². The number of thiophene rings is 1. The number of carbonyl (C=O) groups is 2. The van der Waals surface area contributed by atoms with E-state index in [2.05, 4.69) is 20.9 Å². The molecule has 0 bridgehead atoms. The number of ether oxygens (including phenoxy) is 2. The highest BCUT2D eigenvalue weighted by Gasteiger charge is 2.25. The van der Waals surface area contributed by atoms with Gasteiger partial charge in [-0.05, 0) is 23.8 Å². The van der Waals surface area contributed by atoms with Crippen LogP contribution in [0.25, 0.3) is 0 Å². The number of ketones is 1. The first-order valence-corrected chi connectivity index (χ1v) is 14.0. The normalized spacial score (nSPS) is 19.0. The minimum absolute atomic E-state index is 0.0118. The molecular formula is C26H32Cl2N4O4S. The van der Waals surface area contributed by atoms with Crippen LogP contribution in [0.4, 0.5) is 0 Å². The Balaban J connectivity index is 1.44. The zero-order valence-electron chi connectivity index (χ0n) is 20.6. The molecule has 4 rings (SSSR count). The van der Waals surface area contributed by atoms with Crippen LogP contribution in [-0.4, -0.2) is 81.8 Å². The molecule has 1 aromatic carbocycles. The summed E-state index contributed by atoms with van der Waals surface area (Å²) in [5.41, 5.74) is 1.22. The van der Waals surface area contributed by atoms with E-state index in [0.717, 1.165) is 43.2 Å². The Labute approximate surface area is 231 Å². The number of Topliss-reactive ketones (excluding diaryl/α,β-unsaturated/α-hetero) is 1. The van der Waals surface area contributed by atoms with Crippen LogP contribution in [0.1, 0.15) is 20.8 Å². The largest absolute Gasteiger partial charge is 0.389 e. The van der Waals surface area contributed by atoms with Crippen molar-refractivity contribution < 1.29 is 19.1 Å². The molecule has 2 fully saturated rings. The van der Waals surface area contributed by atoms with E-state index in [-0.39, 0.29) is 18.2 Å². The third-order valence-corrected chi connectivity index (χ3v) is 7.83. The fraction of sp³-hybridized carbons (Fsp3) is 0.462. The number of nitrogens with one attached hydrogen (secondary N) is 3. The van der Waals surface area contributed by atoms with Crippen molar-refractivity contribution in [3.8, 4) is 0 Å². The Kier molecular flexibility index (Phi) is 10.8. The van der Waals surface area contributed by atoms with Gasteiger partial charge in [-0.2, -0.15) is 0 Å². The van der Waals surface area contributed by atoms with Crippen molar-refractivity contribution in [3.63, 3.8) is 0 Å². The molecule has 3 heterocycles. The number of halogens is 2. The Morgan fingerprint density at radius 2 is 1.95 bits per heavy atom. The van der Waals surface area contributed by atoms with Gasteiger partial charge in [-0.3, -0.25) is 14.5 Å². The highest BCUT2D eigenvalue weighted by Crippen LogP contribution is 2.31. The van der Waals surface area contributed by atoms with Crippen LogP contribution < -0.4 is 16.0 Å². The number of rotatable bonds is 11. The molecule has 8 nitrogen and oxygen atoms in total. The standard InChI is InChI=1S/C26H32Cl2N4O4S/c27-19-3-1-18(2-4-19)15-31-26(34)23(17-29-5-7-32-8-11-35-12-9-32)24(33)22-14-21(37-25(22)28)13-20-16-30-6-10-36-20/h1-4,14,17,20,29-30H,5-13,15-16H2,(H,31,34). The van der Waals surface area contributed by atoms with Crippen molar-refractivity contribution in [3.05, 3.63) is 67.5 Å². The molecule has 2 aromatic rings. The van der Waals surface area contributed by atoms with Crippen molar-refractivity contribution in [2.24, 2.45) is 0 Å². The van der Waals surface area contributed by atoms with E-state index in [1.807, 2.05) is 12.1 Å². The van der Waals surface area contributed by atoms with E-state index in [9.17, 15) is 9.59 Å². The molecule has 2 saturated heterocycles. The molecule has 1 unspecified atom stereocenters. The first-order chi connectivity index (χ1) is 18.0. The van der Waals surface area contributed by atoms with Crippen molar-refractivity contribution in [1.29, 1.82) is 0 Å². The van der Waals surface area contributed by atoms with Gasteiger partial charge in [0.15, 0.2) is 0 Å². The van der Waals surface area contributed by atoms with Crippen molar-refractivity contribution in [1.82, 2.24) is 20.9 Å². The maximum atomic E-state index is 13.5. The highest BCUT2D eigenvalue weighted by atomic mass is 35.5. The van der Waals surface area contributed by atoms with Crippen LogP contribution in [0, 0.1) is 0 Å². The van der Waals surface area contributed by atoms with Gasteiger partial charge in [-0.25, -0.2) is 0 Å². The summed E-state index contributed by atoms with van der Waals surface area (Å²) in [7, 11) is 0. The average Bonchev–Trinajstić information content (AvgIpc) is 3.28. The number of nitrogens with zero attached hydrogens (tertiary/aromatic N) is 1. The van der Waals surface area contributed by atoms with Gasteiger partial charge in [0.25, 0.3) is 5.91 Å². The fourth-order valence-electron chi connectivity index (χ4n) is 4.13. The maximum absolute atomic E-state index is 13.5. The van der Waals surface area contributed by atoms with Crippen LogP contribution >= 0.6 is 34.5 Å². The minimum atomic E-state index is -0.470. The molecule has 0 spiro atoms. The van der Waals surface area contributed by atoms with Crippen molar-refractivity contribution >= 4 is 46.2 Å². The number of hydrogen-bond donors (Lipinski definition) is 3. The molecule has 0 aliphatic carbocycles. The molecule has 0 radical (unpaired) electrons. The molecule has 37 heavy (non-hydrogen) atoms. The third-order valence-electron chi connectivity index (χ3n) is 6.19. The molecule has 3 N–H and O–H groups in total. The summed E-state index contributed by atoms with van der Waals surface area (Å²) in [6, 6.07) is 8.96. The van der Waals surface area contributed by atoms with Crippen molar-refractivity contribution in [2.75, 3.05) is 59.1 Å². The van der Waals surface area contributed by atoms with Crippen LogP contribution in [-0.2, 0) is 27.2 Å². The number of carbonyl (C=O) groups excluding carboxylic acids is 2. The highest BCUT2D eigenvalue weighted by molar-refractivity contribution is 7.16. The lowest BCUT2D eigenvalue weighted by molar-refractivity contribution is -0.117. The molecular weight excluding hydrogens is 535 g/mol. The van der Waals surface area contributed by atoms with E-state index in [1.165, 1.54) is 17.5 Å². The molecule has 2 aliphatic rings. The first kappa shape index (κ1) is 28.0. The lowest BCUT2D eigenvalue weighted by Gasteiger charge is -2.26. The topological polar surface area (TPSA) is 91.9 Å². The summed E-state index contributed by atoms with van der Waals surface area (Å²) in [5.74, 6) is -0.884. The molecule has 2 aliphatic heterocycles. The van der Waals surface area contributed by atoms with E-state index >= 15 is 0 Å². The van der Waals surface area contributed by atoms with E-state index in [0.29, 0.717) is 47.7 Å². The second kappa shape index (κ2) is 14.2. The van der Waals surface area contributed by atoms with Gasteiger partial charge < -0.3 is 25.4 Å². The molecule has 0 saturated carbocycles. The monoisotopic (exact) mass is 566 g/mol. The number of amides is 1. The number of morpholine rings is 2. The summed E-state index contributed by atoms with van der Waals surface area (Å²) in [6.45, 7) is 7.06. The predicted octanol–water partition coefficient (Wildman–Crippen LogP) is 2.89. The first-order valence-electron chi connectivity index (χ1n) is 12.4. The van der Waals surface area contributed by atoms with E-state index in [1.54, 1.807) is 18.2 Å². The van der Waals surface area contributed by atoms with E-state index in [4.69, 9.17) is 32.7 Å². The fourth-order valence-corrected chi connectivity index (χ4v) is 5.63. The smallest absolute Gasteiger partial charge is 0.257 e. The predicted molar refractivity (Wildman–Crippen MR) is 147 cm³/mol. The zero-order valence-corrected chi connectivity index (χ0v) is 22.9. The molecule has 11 heteroatoms. The third kappa shape index (κ3) is 8.51. The summed E-state index contributed by atoms with van der Waals surface area (Å²) in [4.78, 5) is 29.9. The van der Waals surface area contributed by atoms with Crippen molar-refractivity contribution in [2.45, 2.75) is 19.1 Å². The Hall–Kier alpha value is -1.98. The Morgan fingerprint density at radius 3 is 2.68 bits per heavy atom. The molecule has 200 valence electrons. The lowest BCUT2D eigenvalue weighted by Crippen LogP contribution is -2.39. The zero-order chi connectivity index (χ0) is 26.0. The van der Waals surface area contributed by atoms with Gasteiger partial charge >= 0.3 is 0 Å². The quantitative estimate of drug-likeness (QED) is 0.127. The molecule has 1 amide bonds. The van der Waals surface area contributed by atoms with E-state index < -0.39 is 11.7 Å². The summed E-state index contributed by atoms with van der Waals surface area (Å²) >= 11 is 13.8. The van der Waals surface area contributed by atoms with Gasteiger partial charge in [0.05, 0.1) is 31.5 Å². The van der Waals surface area contributed by atoms with Gasteiger partial charge in [-0.1, -0.05) is 35.3 Å². The van der Waals surface area contributed by atoms with Gasteiger partial charge in [-0.15, -0.1) is 11.3 Å². The second-order valence-electron chi connectivity index (χ2n) is 8.91. The molecule has 1 atom stereocenters. The lowest BCUT2D eigenvalue weighted by atomic mass is 10.0. The number of benzene rings is 1. The summed E-state index contributed by atoms with van der Waals surface area (Å²) in [5, 5.41) is 9.92. The van der Waals surface area contributed by atoms with Crippen LogP contribution in [0.2, 0.25) is 9.36 Å². The Bertz CT molecular complexity index is 1080. The average molecular weight is 568 g/mol. The molecule has 1 aromatic heterocycles. The van der Waals surface area contributed by atoms with Crippen LogP contribution in [0.5, 0.6) is 0 Å². The second-order valence-corrected chi connectivity index (χ2v) is 11.1. The summed E-state index contributed by atoms with van der Waals surface area (Å²) in [6.07, 6.45) is 2.19.